The highest BCUT2D eigenvalue weighted by Crippen LogP contribution is 2.62. The third-order valence-electron chi connectivity index (χ3n) is 12.4. The van der Waals surface area contributed by atoms with Crippen molar-refractivity contribution in [3.8, 4) is 45.3 Å². The van der Waals surface area contributed by atoms with E-state index in [1.165, 1.54) is 55.6 Å². The lowest BCUT2D eigenvalue weighted by atomic mass is 9.72. The summed E-state index contributed by atoms with van der Waals surface area (Å²) in [5.74, 6) is 3.47. The van der Waals surface area contributed by atoms with Crippen LogP contribution in [0.15, 0.2) is 133 Å². The average molecular weight is 701 g/mol. The van der Waals surface area contributed by atoms with E-state index in [9.17, 15) is 0 Å². The van der Waals surface area contributed by atoms with Crippen LogP contribution >= 0.6 is 0 Å². The Hall–Kier alpha value is -6.26. The quantitative estimate of drug-likeness (QED) is 0.179. The molecular weight excluding hydrogens is 661 g/mol. The van der Waals surface area contributed by atoms with Crippen LogP contribution in [0, 0.1) is 13.8 Å². The van der Waals surface area contributed by atoms with Gasteiger partial charge in [-0.05, 0) is 142 Å². The molecule has 2 heterocycles. The molecule has 7 aromatic rings. The number of aryl methyl sites for hydroxylation is 2. The predicted octanol–water partition coefficient (Wildman–Crippen LogP) is 14.1. The number of benzene rings is 7. The van der Waals surface area contributed by atoms with E-state index in [1.807, 2.05) is 24.3 Å². The molecule has 4 nitrogen and oxygen atoms in total. The van der Waals surface area contributed by atoms with Crippen molar-refractivity contribution in [1.29, 1.82) is 0 Å². The predicted molar refractivity (Wildman–Crippen MR) is 221 cm³/mol. The van der Waals surface area contributed by atoms with Crippen LogP contribution in [0.4, 0.5) is 34.1 Å². The van der Waals surface area contributed by atoms with E-state index in [-0.39, 0.29) is 10.8 Å². The fourth-order valence-corrected chi connectivity index (χ4v) is 10.0. The Bertz CT molecular complexity index is 2490. The van der Waals surface area contributed by atoms with Crippen LogP contribution in [0.25, 0.3) is 22.3 Å². The second-order valence-electron chi connectivity index (χ2n) is 16.3. The van der Waals surface area contributed by atoms with E-state index in [1.54, 1.807) is 0 Å². The van der Waals surface area contributed by atoms with Gasteiger partial charge in [0.05, 0.1) is 22.7 Å². The molecule has 0 atom stereocenters. The van der Waals surface area contributed by atoms with Crippen molar-refractivity contribution < 1.29 is 9.47 Å². The van der Waals surface area contributed by atoms with Gasteiger partial charge in [0.1, 0.15) is 0 Å². The third kappa shape index (κ3) is 4.03. The van der Waals surface area contributed by atoms with Crippen molar-refractivity contribution >= 4 is 34.1 Å². The highest BCUT2D eigenvalue weighted by atomic mass is 16.5. The van der Waals surface area contributed by atoms with Gasteiger partial charge in [-0.2, -0.15) is 0 Å². The van der Waals surface area contributed by atoms with E-state index in [0.717, 1.165) is 57.1 Å². The Balaban J connectivity index is 1.07. The lowest BCUT2D eigenvalue weighted by Gasteiger charge is -2.35. The Morgan fingerprint density at radius 2 is 0.722 bits per heavy atom. The number of rotatable bonds is 2. The van der Waals surface area contributed by atoms with Crippen molar-refractivity contribution in [2.45, 2.75) is 52.4 Å². The van der Waals surface area contributed by atoms with E-state index in [4.69, 9.17) is 9.47 Å². The van der Waals surface area contributed by atoms with Crippen LogP contribution in [0.2, 0.25) is 0 Å². The van der Waals surface area contributed by atoms with E-state index in [2.05, 4.69) is 161 Å². The van der Waals surface area contributed by atoms with Gasteiger partial charge in [0.15, 0.2) is 23.0 Å². The molecule has 0 saturated carbocycles. The van der Waals surface area contributed by atoms with Crippen molar-refractivity contribution in [3.05, 3.63) is 167 Å². The molecule has 0 saturated heterocycles. The van der Waals surface area contributed by atoms with Crippen LogP contribution in [0.3, 0.4) is 0 Å². The lowest BCUT2D eigenvalue weighted by molar-refractivity contribution is 0.476. The maximum Gasteiger partial charge on any atom is 0.151 e. The minimum Gasteiger partial charge on any atom is -0.453 e. The molecule has 0 unspecified atom stereocenters. The standard InChI is InChI=1S/C50H40N2O2/c1-29-25-31(51-37-15-7-11-19-41(37)53-42-20-12-8-16-38(42)51)27-35-45(29)33-23-24-34-46-30(2)26-32(28-36(46)50(5,6)48(34)47(33)49(35,3)4)52-39-17-9-13-21-43(39)54-44-22-14-10-18-40(44)52/h7-28H,1-6H3. The molecule has 0 radical (unpaired) electrons. The molecule has 262 valence electrons. The summed E-state index contributed by atoms with van der Waals surface area (Å²) in [5.41, 5.74) is 19.7. The first-order valence-corrected chi connectivity index (χ1v) is 18.9. The molecule has 54 heavy (non-hydrogen) atoms. The Kier molecular flexibility index (Phi) is 6.18. The van der Waals surface area contributed by atoms with Crippen LogP contribution in [0.1, 0.15) is 61.1 Å². The number of hydrogen-bond acceptors (Lipinski definition) is 4. The molecule has 0 spiro atoms. The second kappa shape index (κ2) is 10.7. The monoisotopic (exact) mass is 700 g/mol. The number of nitrogens with zero attached hydrogens (tertiary/aromatic N) is 2. The molecule has 4 aliphatic rings. The minimum absolute atomic E-state index is 0.236. The Labute approximate surface area is 316 Å². The van der Waals surface area contributed by atoms with E-state index < -0.39 is 0 Å². The Morgan fingerprint density at radius 3 is 1.06 bits per heavy atom. The summed E-state index contributed by atoms with van der Waals surface area (Å²) in [6, 6.07) is 47.9. The highest BCUT2D eigenvalue weighted by Gasteiger charge is 2.47. The van der Waals surface area contributed by atoms with Gasteiger partial charge in [0.25, 0.3) is 0 Å². The number of para-hydroxylation sites is 8. The highest BCUT2D eigenvalue weighted by molar-refractivity contribution is 5.97. The normalized spacial score (nSPS) is 15.7. The van der Waals surface area contributed by atoms with Gasteiger partial charge in [-0.25, -0.2) is 0 Å². The van der Waals surface area contributed by atoms with Crippen LogP contribution in [-0.2, 0) is 10.8 Å². The smallest absolute Gasteiger partial charge is 0.151 e. The van der Waals surface area contributed by atoms with Crippen LogP contribution in [-0.4, -0.2) is 0 Å². The molecule has 4 heteroatoms. The molecule has 7 aromatic carbocycles. The van der Waals surface area contributed by atoms with Crippen molar-refractivity contribution in [3.63, 3.8) is 0 Å². The molecular formula is C50H40N2O2. The summed E-state index contributed by atoms with van der Waals surface area (Å²) in [6.07, 6.45) is 0. The first-order chi connectivity index (χ1) is 26.1. The number of fused-ring (bicyclic) bond motifs is 11. The van der Waals surface area contributed by atoms with Gasteiger partial charge in [-0.15, -0.1) is 0 Å². The van der Waals surface area contributed by atoms with Crippen molar-refractivity contribution in [2.75, 3.05) is 9.80 Å². The van der Waals surface area contributed by atoms with Crippen molar-refractivity contribution in [2.24, 2.45) is 0 Å². The topological polar surface area (TPSA) is 24.9 Å². The molecule has 0 aromatic heterocycles. The van der Waals surface area contributed by atoms with Gasteiger partial charge in [0.2, 0.25) is 0 Å². The van der Waals surface area contributed by atoms with Gasteiger partial charge < -0.3 is 19.3 Å². The van der Waals surface area contributed by atoms with Gasteiger partial charge in [-0.1, -0.05) is 88.4 Å². The lowest BCUT2D eigenvalue weighted by Crippen LogP contribution is -2.25. The van der Waals surface area contributed by atoms with E-state index >= 15 is 0 Å². The fraction of sp³-hybridized carbons (Fsp3) is 0.160. The summed E-state index contributed by atoms with van der Waals surface area (Å²) in [4.78, 5) is 4.75. The number of anilines is 6. The first-order valence-electron chi connectivity index (χ1n) is 18.9. The van der Waals surface area contributed by atoms with Crippen LogP contribution in [0.5, 0.6) is 23.0 Å². The average Bonchev–Trinajstić information content (AvgIpc) is 3.55. The zero-order valence-corrected chi connectivity index (χ0v) is 31.4. The minimum atomic E-state index is -0.236. The molecule has 11 rings (SSSR count). The summed E-state index contributed by atoms with van der Waals surface area (Å²) < 4.78 is 12.8. The van der Waals surface area contributed by atoms with E-state index in [0.29, 0.717) is 0 Å². The zero-order chi connectivity index (χ0) is 36.7. The van der Waals surface area contributed by atoms with Gasteiger partial charge in [0, 0.05) is 22.2 Å². The number of hydrogen-bond donors (Lipinski definition) is 0. The molecule has 2 aliphatic carbocycles. The third-order valence-corrected chi connectivity index (χ3v) is 12.4. The second-order valence-corrected chi connectivity index (χ2v) is 16.3. The SMILES string of the molecule is Cc1cc(N2c3ccccc3Oc3ccccc32)cc2c1-c1ccc3c(c1C2(C)C)C(C)(C)c1cc(N2c4ccccc4Oc4ccccc42)cc(C)c1-3. The van der Waals surface area contributed by atoms with Gasteiger partial charge in [-0.3, -0.25) is 0 Å². The fourth-order valence-electron chi connectivity index (χ4n) is 10.0. The van der Waals surface area contributed by atoms with Gasteiger partial charge >= 0.3 is 0 Å². The van der Waals surface area contributed by atoms with Crippen LogP contribution < -0.4 is 19.3 Å². The molecule has 0 N–H and O–H groups in total. The molecule has 2 aliphatic heterocycles. The summed E-state index contributed by atoms with van der Waals surface area (Å²) >= 11 is 0. The summed E-state index contributed by atoms with van der Waals surface area (Å²) in [6.45, 7) is 14.3. The zero-order valence-electron chi connectivity index (χ0n) is 31.4. The maximum atomic E-state index is 6.39. The number of ether oxygens (including phenoxy) is 2. The summed E-state index contributed by atoms with van der Waals surface area (Å²) in [5, 5.41) is 0. The van der Waals surface area contributed by atoms with Crippen molar-refractivity contribution in [1.82, 2.24) is 0 Å². The first kappa shape index (κ1) is 31.3. The largest absolute Gasteiger partial charge is 0.453 e. The Morgan fingerprint density at radius 1 is 0.407 bits per heavy atom. The molecule has 0 bridgehead atoms. The molecule has 0 amide bonds. The maximum absolute atomic E-state index is 6.39. The molecule has 0 fully saturated rings. The summed E-state index contributed by atoms with van der Waals surface area (Å²) in [7, 11) is 0.